The maximum absolute atomic E-state index is 12.3. The van der Waals surface area contributed by atoms with E-state index in [-0.39, 0.29) is 24.3 Å². The zero-order chi connectivity index (χ0) is 21.3. The SMILES string of the molecule is CC(=O)Nc1ccc(CC(=O)Nc2cccc(NC(=O)Nc3ccccc3)c2)cc1. The van der Waals surface area contributed by atoms with Crippen molar-refractivity contribution in [3.63, 3.8) is 0 Å². The number of rotatable bonds is 6. The molecule has 0 radical (unpaired) electrons. The van der Waals surface area contributed by atoms with Gasteiger partial charge in [-0.05, 0) is 48.0 Å². The topological polar surface area (TPSA) is 99.3 Å². The van der Waals surface area contributed by atoms with E-state index in [9.17, 15) is 14.4 Å². The Balaban J connectivity index is 1.54. The van der Waals surface area contributed by atoms with Gasteiger partial charge in [0.1, 0.15) is 0 Å². The smallest absolute Gasteiger partial charge is 0.323 e. The number of hydrogen-bond donors (Lipinski definition) is 4. The molecule has 3 aromatic carbocycles. The first kappa shape index (κ1) is 20.6. The van der Waals surface area contributed by atoms with E-state index in [1.165, 1.54) is 6.92 Å². The fraction of sp³-hybridized carbons (Fsp3) is 0.0870. The summed E-state index contributed by atoms with van der Waals surface area (Å²) in [6.45, 7) is 1.44. The van der Waals surface area contributed by atoms with Crippen molar-refractivity contribution in [2.75, 3.05) is 21.3 Å². The number of carbonyl (C=O) groups is 3. The lowest BCUT2D eigenvalue weighted by Gasteiger charge is -2.10. The highest BCUT2D eigenvalue weighted by Crippen LogP contribution is 2.17. The molecule has 0 fully saturated rings. The van der Waals surface area contributed by atoms with Gasteiger partial charge in [-0.15, -0.1) is 0 Å². The Morgan fingerprint density at radius 3 is 1.87 bits per heavy atom. The standard InChI is InChI=1S/C23H22N4O3/c1-16(28)24-19-12-10-17(11-13-19)14-22(29)25-20-8-5-9-21(15-20)27-23(30)26-18-6-3-2-4-7-18/h2-13,15H,14H2,1H3,(H,24,28)(H,25,29)(H2,26,27,30). The maximum Gasteiger partial charge on any atom is 0.323 e. The van der Waals surface area contributed by atoms with Crippen molar-refractivity contribution in [2.45, 2.75) is 13.3 Å². The number of benzene rings is 3. The molecule has 0 aliphatic carbocycles. The lowest BCUT2D eigenvalue weighted by Crippen LogP contribution is -2.19. The van der Waals surface area contributed by atoms with Crippen LogP contribution in [0.2, 0.25) is 0 Å². The second-order valence-corrected chi connectivity index (χ2v) is 6.63. The van der Waals surface area contributed by atoms with Gasteiger partial charge < -0.3 is 21.3 Å². The molecule has 0 spiro atoms. The number of hydrogen-bond acceptors (Lipinski definition) is 3. The van der Waals surface area contributed by atoms with E-state index in [4.69, 9.17) is 0 Å². The minimum absolute atomic E-state index is 0.147. The highest BCUT2D eigenvalue weighted by atomic mass is 16.2. The molecule has 0 aromatic heterocycles. The Labute approximate surface area is 174 Å². The van der Waals surface area contributed by atoms with Gasteiger partial charge in [0, 0.05) is 29.7 Å². The minimum atomic E-state index is -0.371. The summed E-state index contributed by atoms with van der Waals surface area (Å²) in [5.41, 5.74) is 3.31. The Hall–Kier alpha value is -4.13. The molecule has 7 heteroatoms. The van der Waals surface area contributed by atoms with Crippen LogP contribution in [0.5, 0.6) is 0 Å². The molecule has 0 bridgehead atoms. The van der Waals surface area contributed by atoms with Crippen molar-refractivity contribution in [1.29, 1.82) is 0 Å². The fourth-order valence-corrected chi connectivity index (χ4v) is 2.79. The van der Waals surface area contributed by atoms with E-state index in [0.717, 1.165) is 5.56 Å². The van der Waals surface area contributed by atoms with Crippen LogP contribution in [-0.2, 0) is 16.0 Å². The summed E-state index contributed by atoms with van der Waals surface area (Å²) in [5, 5.41) is 11.0. The zero-order valence-corrected chi connectivity index (χ0v) is 16.4. The minimum Gasteiger partial charge on any atom is -0.326 e. The van der Waals surface area contributed by atoms with Crippen molar-refractivity contribution < 1.29 is 14.4 Å². The van der Waals surface area contributed by atoms with E-state index in [2.05, 4.69) is 21.3 Å². The van der Waals surface area contributed by atoms with Crippen LogP contribution in [0.1, 0.15) is 12.5 Å². The number of amides is 4. The average Bonchev–Trinajstić information content (AvgIpc) is 2.70. The van der Waals surface area contributed by atoms with Gasteiger partial charge in [-0.2, -0.15) is 0 Å². The highest BCUT2D eigenvalue weighted by Gasteiger charge is 2.07. The van der Waals surface area contributed by atoms with Crippen LogP contribution in [0, 0.1) is 0 Å². The molecule has 152 valence electrons. The normalized spacial score (nSPS) is 10.0. The van der Waals surface area contributed by atoms with Crippen LogP contribution in [0.25, 0.3) is 0 Å². The van der Waals surface area contributed by atoms with Crippen LogP contribution in [0.3, 0.4) is 0 Å². The molecule has 0 aliphatic rings. The summed E-state index contributed by atoms with van der Waals surface area (Å²) >= 11 is 0. The van der Waals surface area contributed by atoms with Crippen LogP contribution in [0.4, 0.5) is 27.5 Å². The van der Waals surface area contributed by atoms with Crippen molar-refractivity contribution >= 4 is 40.6 Å². The van der Waals surface area contributed by atoms with E-state index < -0.39 is 0 Å². The van der Waals surface area contributed by atoms with Crippen molar-refractivity contribution in [3.05, 3.63) is 84.4 Å². The summed E-state index contributed by atoms with van der Waals surface area (Å²) in [5.74, 6) is -0.334. The third-order valence-corrected chi connectivity index (χ3v) is 4.07. The summed E-state index contributed by atoms with van der Waals surface area (Å²) < 4.78 is 0. The van der Waals surface area contributed by atoms with Gasteiger partial charge in [-0.25, -0.2) is 4.79 Å². The van der Waals surface area contributed by atoms with Crippen LogP contribution >= 0.6 is 0 Å². The summed E-state index contributed by atoms with van der Waals surface area (Å²) in [6, 6.07) is 22.7. The summed E-state index contributed by atoms with van der Waals surface area (Å²) in [6.07, 6.45) is 0.187. The van der Waals surface area contributed by atoms with Gasteiger partial charge in [0.05, 0.1) is 6.42 Å². The Kier molecular flexibility index (Phi) is 6.78. The average molecular weight is 402 g/mol. The molecule has 7 nitrogen and oxygen atoms in total. The first-order valence-corrected chi connectivity index (χ1v) is 9.37. The number of urea groups is 1. The number of para-hydroxylation sites is 1. The summed E-state index contributed by atoms with van der Waals surface area (Å²) in [7, 11) is 0. The molecule has 3 aromatic rings. The third kappa shape index (κ3) is 6.49. The van der Waals surface area contributed by atoms with Gasteiger partial charge >= 0.3 is 6.03 Å². The highest BCUT2D eigenvalue weighted by molar-refractivity contribution is 6.00. The van der Waals surface area contributed by atoms with Crippen LogP contribution in [0.15, 0.2) is 78.9 Å². The number of anilines is 4. The third-order valence-electron chi connectivity index (χ3n) is 4.07. The Bertz CT molecular complexity index is 1030. The van der Waals surface area contributed by atoms with E-state index in [0.29, 0.717) is 22.7 Å². The molecular weight excluding hydrogens is 380 g/mol. The molecule has 30 heavy (non-hydrogen) atoms. The molecule has 0 aliphatic heterocycles. The number of carbonyl (C=O) groups excluding carboxylic acids is 3. The summed E-state index contributed by atoms with van der Waals surface area (Å²) in [4.78, 5) is 35.5. The van der Waals surface area contributed by atoms with Gasteiger partial charge in [0.25, 0.3) is 0 Å². The van der Waals surface area contributed by atoms with Crippen LogP contribution < -0.4 is 21.3 Å². The molecule has 3 rings (SSSR count). The van der Waals surface area contributed by atoms with Gasteiger partial charge in [0.15, 0.2) is 0 Å². The fourth-order valence-electron chi connectivity index (χ4n) is 2.79. The van der Waals surface area contributed by atoms with E-state index in [1.54, 1.807) is 60.7 Å². The number of nitrogens with one attached hydrogen (secondary N) is 4. The van der Waals surface area contributed by atoms with Gasteiger partial charge in [-0.1, -0.05) is 36.4 Å². The predicted molar refractivity (Wildman–Crippen MR) is 119 cm³/mol. The lowest BCUT2D eigenvalue weighted by molar-refractivity contribution is -0.116. The Morgan fingerprint density at radius 1 is 0.633 bits per heavy atom. The second kappa shape index (κ2) is 9.88. The van der Waals surface area contributed by atoms with E-state index >= 15 is 0 Å². The van der Waals surface area contributed by atoms with Crippen molar-refractivity contribution in [3.8, 4) is 0 Å². The molecule has 0 unspecified atom stereocenters. The molecule has 4 amide bonds. The monoisotopic (exact) mass is 402 g/mol. The maximum atomic E-state index is 12.3. The van der Waals surface area contributed by atoms with Crippen molar-refractivity contribution in [2.24, 2.45) is 0 Å². The Morgan fingerprint density at radius 2 is 1.20 bits per heavy atom. The first-order valence-electron chi connectivity index (χ1n) is 9.37. The molecule has 0 saturated heterocycles. The predicted octanol–water partition coefficient (Wildman–Crippen LogP) is 4.47. The second-order valence-electron chi connectivity index (χ2n) is 6.63. The van der Waals surface area contributed by atoms with Gasteiger partial charge in [-0.3, -0.25) is 9.59 Å². The van der Waals surface area contributed by atoms with Gasteiger partial charge in [0.2, 0.25) is 11.8 Å². The lowest BCUT2D eigenvalue weighted by atomic mass is 10.1. The molecule has 4 N–H and O–H groups in total. The zero-order valence-electron chi connectivity index (χ0n) is 16.4. The molecular formula is C23H22N4O3. The van der Waals surface area contributed by atoms with E-state index in [1.807, 2.05) is 18.2 Å². The quantitative estimate of drug-likeness (QED) is 0.489. The van der Waals surface area contributed by atoms with Crippen LogP contribution in [-0.4, -0.2) is 17.8 Å². The molecule has 0 saturated carbocycles. The largest absolute Gasteiger partial charge is 0.326 e. The first-order chi connectivity index (χ1) is 14.5. The molecule has 0 atom stereocenters. The van der Waals surface area contributed by atoms with Crippen molar-refractivity contribution in [1.82, 2.24) is 0 Å². The molecule has 0 heterocycles.